The second-order valence-corrected chi connectivity index (χ2v) is 6.11. The van der Waals surface area contributed by atoms with Crippen LogP contribution in [0.15, 0.2) is 66.9 Å². The SMILES string of the molecule is c1ccc(-n2ccc(CNC3CCCc4ccccc43)n2)cc1. The first-order valence-electron chi connectivity index (χ1n) is 8.31. The highest BCUT2D eigenvalue weighted by Crippen LogP contribution is 2.29. The van der Waals surface area contributed by atoms with Crippen LogP contribution in [0.1, 0.15) is 35.7 Å². The lowest BCUT2D eigenvalue weighted by molar-refractivity contribution is 0.455. The highest BCUT2D eigenvalue weighted by molar-refractivity contribution is 5.32. The van der Waals surface area contributed by atoms with Gasteiger partial charge in [-0.25, -0.2) is 4.68 Å². The van der Waals surface area contributed by atoms with Crippen LogP contribution in [0.2, 0.25) is 0 Å². The Kier molecular flexibility index (Phi) is 3.95. The van der Waals surface area contributed by atoms with Crippen LogP contribution in [0, 0.1) is 0 Å². The molecular weight excluding hydrogens is 282 g/mol. The van der Waals surface area contributed by atoms with Crippen molar-refractivity contribution in [2.75, 3.05) is 0 Å². The normalized spacial score (nSPS) is 17.0. The number of rotatable bonds is 4. The van der Waals surface area contributed by atoms with Crippen molar-refractivity contribution in [1.82, 2.24) is 15.1 Å². The molecule has 1 heterocycles. The molecule has 0 bridgehead atoms. The van der Waals surface area contributed by atoms with Crippen LogP contribution in [0.5, 0.6) is 0 Å². The molecule has 0 radical (unpaired) electrons. The van der Waals surface area contributed by atoms with Crippen LogP contribution in [0.3, 0.4) is 0 Å². The van der Waals surface area contributed by atoms with Gasteiger partial charge in [0.25, 0.3) is 0 Å². The van der Waals surface area contributed by atoms with E-state index in [2.05, 4.69) is 52.9 Å². The zero-order valence-electron chi connectivity index (χ0n) is 13.2. The Morgan fingerprint density at radius 1 is 1.00 bits per heavy atom. The van der Waals surface area contributed by atoms with Gasteiger partial charge in [-0.2, -0.15) is 5.10 Å². The van der Waals surface area contributed by atoms with Crippen molar-refractivity contribution >= 4 is 0 Å². The first kappa shape index (κ1) is 14.2. The van der Waals surface area contributed by atoms with Gasteiger partial charge in [0.15, 0.2) is 0 Å². The lowest BCUT2D eigenvalue weighted by Crippen LogP contribution is -2.25. The number of benzene rings is 2. The molecule has 3 heteroatoms. The summed E-state index contributed by atoms with van der Waals surface area (Å²) in [7, 11) is 0. The third-order valence-corrected chi connectivity index (χ3v) is 4.56. The molecule has 1 N–H and O–H groups in total. The van der Waals surface area contributed by atoms with Gasteiger partial charge in [0.1, 0.15) is 0 Å². The molecule has 0 spiro atoms. The third-order valence-electron chi connectivity index (χ3n) is 4.56. The number of aryl methyl sites for hydroxylation is 1. The zero-order valence-corrected chi connectivity index (χ0v) is 13.2. The fourth-order valence-electron chi connectivity index (χ4n) is 3.37. The highest BCUT2D eigenvalue weighted by Gasteiger charge is 2.19. The molecule has 1 unspecified atom stereocenters. The van der Waals surface area contributed by atoms with Gasteiger partial charge in [0.2, 0.25) is 0 Å². The highest BCUT2D eigenvalue weighted by atomic mass is 15.3. The maximum atomic E-state index is 4.68. The summed E-state index contributed by atoms with van der Waals surface area (Å²) >= 11 is 0. The first-order valence-corrected chi connectivity index (χ1v) is 8.31. The number of fused-ring (bicyclic) bond motifs is 1. The van der Waals surface area contributed by atoms with E-state index in [4.69, 9.17) is 0 Å². The minimum Gasteiger partial charge on any atom is -0.304 e. The topological polar surface area (TPSA) is 29.9 Å². The van der Waals surface area contributed by atoms with Crippen molar-refractivity contribution in [3.8, 4) is 5.69 Å². The Balaban J connectivity index is 1.45. The van der Waals surface area contributed by atoms with E-state index in [1.807, 2.05) is 29.1 Å². The molecule has 23 heavy (non-hydrogen) atoms. The molecule has 0 fully saturated rings. The smallest absolute Gasteiger partial charge is 0.0767 e. The van der Waals surface area contributed by atoms with Crippen LogP contribution >= 0.6 is 0 Å². The summed E-state index contributed by atoms with van der Waals surface area (Å²) in [6.45, 7) is 0.804. The Morgan fingerprint density at radius 2 is 1.83 bits per heavy atom. The lowest BCUT2D eigenvalue weighted by atomic mass is 9.88. The van der Waals surface area contributed by atoms with Gasteiger partial charge in [-0.3, -0.25) is 0 Å². The first-order chi connectivity index (χ1) is 11.4. The van der Waals surface area contributed by atoms with Gasteiger partial charge in [-0.1, -0.05) is 42.5 Å². The van der Waals surface area contributed by atoms with Gasteiger partial charge in [0.05, 0.1) is 11.4 Å². The molecule has 116 valence electrons. The maximum absolute atomic E-state index is 4.68. The Morgan fingerprint density at radius 3 is 2.74 bits per heavy atom. The van der Waals surface area contributed by atoms with Crippen LogP contribution in [-0.4, -0.2) is 9.78 Å². The number of nitrogens with zero attached hydrogens (tertiary/aromatic N) is 2. The molecule has 0 saturated carbocycles. The summed E-state index contributed by atoms with van der Waals surface area (Å²) in [5.41, 5.74) is 5.13. The van der Waals surface area contributed by atoms with Crippen molar-refractivity contribution in [3.63, 3.8) is 0 Å². The predicted octanol–water partition coefficient (Wildman–Crippen LogP) is 4.04. The monoisotopic (exact) mass is 303 g/mol. The van der Waals surface area contributed by atoms with Crippen molar-refractivity contribution in [3.05, 3.63) is 83.7 Å². The molecule has 3 nitrogen and oxygen atoms in total. The van der Waals surface area contributed by atoms with Crippen molar-refractivity contribution in [2.24, 2.45) is 0 Å². The summed E-state index contributed by atoms with van der Waals surface area (Å²) in [4.78, 5) is 0. The predicted molar refractivity (Wildman–Crippen MR) is 92.5 cm³/mol. The Hall–Kier alpha value is -2.39. The summed E-state index contributed by atoms with van der Waals surface area (Å²) in [6, 6.07) is 21.6. The standard InChI is InChI=1S/C20H21N3/c1-2-9-18(10-3-1)23-14-13-17(22-23)15-21-20-12-6-8-16-7-4-5-11-19(16)20/h1-5,7,9-11,13-14,20-21H,6,8,12,15H2. The quantitative estimate of drug-likeness (QED) is 0.788. The van der Waals surface area contributed by atoms with Crippen LogP contribution in [0.25, 0.3) is 5.69 Å². The van der Waals surface area contributed by atoms with E-state index < -0.39 is 0 Å². The fraction of sp³-hybridized carbons (Fsp3) is 0.250. The van der Waals surface area contributed by atoms with Crippen molar-refractivity contribution in [2.45, 2.75) is 31.8 Å². The number of nitrogens with one attached hydrogen (secondary N) is 1. The minimum atomic E-state index is 0.446. The van der Waals surface area contributed by atoms with Crippen LogP contribution < -0.4 is 5.32 Å². The Labute approximate surface area is 137 Å². The lowest BCUT2D eigenvalue weighted by Gasteiger charge is -2.26. The van der Waals surface area contributed by atoms with E-state index in [1.54, 1.807) is 0 Å². The summed E-state index contributed by atoms with van der Waals surface area (Å²) in [5, 5.41) is 8.36. The van der Waals surface area contributed by atoms with Gasteiger partial charge in [-0.15, -0.1) is 0 Å². The zero-order chi connectivity index (χ0) is 15.5. The van der Waals surface area contributed by atoms with E-state index in [-0.39, 0.29) is 0 Å². The van der Waals surface area contributed by atoms with E-state index in [0.29, 0.717) is 6.04 Å². The molecule has 1 atom stereocenters. The van der Waals surface area contributed by atoms with E-state index in [9.17, 15) is 0 Å². The van der Waals surface area contributed by atoms with E-state index in [0.717, 1.165) is 17.9 Å². The molecule has 0 saturated heterocycles. The van der Waals surface area contributed by atoms with Gasteiger partial charge in [0, 0.05) is 18.8 Å². The summed E-state index contributed by atoms with van der Waals surface area (Å²) < 4.78 is 1.94. The number of hydrogen-bond acceptors (Lipinski definition) is 2. The second-order valence-electron chi connectivity index (χ2n) is 6.11. The summed E-state index contributed by atoms with van der Waals surface area (Å²) in [5.74, 6) is 0. The molecule has 1 aliphatic rings. The minimum absolute atomic E-state index is 0.446. The molecule has 1 aromatic heterocycles. The molecule has 2 aromatic carbocycles. The average Bonchev–Trinajstić information content (AvgIpc) is 3.10. The van der Waals surface area contributed by atoms with Gasteiger partial charge >= 0.3 is 0 Å². The van der Waals surface area contributed by atoms with E-state index in [1.165, 1.54) is 30.4 Å². The van der Waals surface area contributed by atoms with Crippen LogP contribution in [0.4, 0.5) is 0 Å². The molecule has 0 aliphatic heterocycles. The molecular formula is C20H21N3. The number of para-hydroxylation sites is 1. The molecule has 4 rings (SSSR count). The average molecular weight is 303 g/mol. The van der Waals surface area contributed by atoms with Gasteiger partial charge < -0.3 is 5.32 Å². The number of hydrogen-bond donors (Lipinski definition) is 1. The summed E-state index contributed by atoms with van der Waals surface area (Å²) in [6.07, 6.45) is 5.70. The molecule has 0 amide bonds. The van der Waals surface area contributed by atoms with Crippen LogP contribution in [-0.2, 0) is 13.0 Å². The van der Waals surface area contributed by atoms with E-state index >= 15 is 0 Å². The molecule has 3 aromatic rings. The van der Waals surface area contributed by atoms with Crippen molar-refractivity contribution in [1.29, 1.82) is 0 Å². The molecule has 1 aliphatic carbocycles. The largest absolute Gasteiger partial charge is 0.304 e. The number of aromatic nitrogens is 2. The Bertz CT molecular complexity index is 776. The second kappa shape index (κ2) is 6.39. The fourth-order valence-corrected chi connectivity index (χ4v) is 3.37. The van der Waals surface area contributed by atoms with Gasteiger partial charge in [-0.05, 0) is 48.6 Å². The third kappa shape index (κ3) is 3.06. The van der Waals surface area contributed by atoms with Crippen molar-refractivity contribution < 1.29 is 0 Å². The maximum Gasteiger partial charge on any atom is 0.0767 e.